The Morgan fingerprint density at radius 1 is 1.33 bits per heavy atom. The summed E-state index contributed by atoms with van der Waals surface area (Å²) in [6.07, 6.45) is 0.385. The van der Waals surface area contributed by atoms with Crippen molar-refractivity contribution in [1.29, 1.82) is 0 Å². The molecule has 0 amide bonds. The van der Waals surface area contributed by atoms with Gasteiger partial charge in [0.2, 0.25) is 0 Å². The monoisotopic (exact) mass is 252 g/mol. The van der Waals surface area contributed by atoms with Crippen LogP contribution in [0.15, 0.2) is 30.3 Å². The number of nitrogens with one attached hydrogen (secondary N) is 1. The molecule has 0 spiro atoms. The first-order valence-corrected chi connectivity index (χ1v) is 6.01. The standard InChI is InChI=1S/C9H11NO2.C4H9NO/c10-8(9(11)12)6-7-4-2-1-3-5-7;1-3-6-4-2-5-1/h1-5,8H,6,10H2,(H,11,12);5H,1-4H2/t8-;/m0./s1. The lowest BCUT2D eigenvalue weighted by atomic mass is 10.1. The summed E-state index contributed by atoms with van der Waals surface area (Å²) in [6, 6.07) is 8.54. The molecule has 100 valence electrons. The molecule has 1 saturated heterocycles. The number of benzene rings is 1. The average Bonchev–Trinajstić information content (AvgIpc) is 2.42. The third-order valence-electron chi connectivity index (χ3n) is 2.46. The third-order valence-corrected chi connectivity index (χ3v) is 2.46. The summed E-state index contributed by atoms with van der Waals surface area (Å²) in [5.74, 6) is -0.959. The van der Waals surface area contributed by atoms with E-state index in [1.54, 1.807) is 0 Å². The second-order valence-electron chi connectivity index (χ2n) is 4.00. The van der Waals surface area contributed by atoms with Crippen LogP contribution in [0.3, 0.4) is 0 Å². The highest BCUT2D eigenvalue weighted by atomic mass is 16.5. The first-order valence-electron chi connectivity index (χ1n) is 6.01. The van der Waals surface area contributed by atoms with Crippen LogP contribution in [-0.2, 0) is 16.0 Å². The van der Waals surface area contributed by atoms with Gasteiger partial charge >= 0.3 is 5.97 Å². The van der Waals surface area contributed by atoms with Crippen molar-refractivity contribution in [2.75, 3.05) is 26.3 Å². The number of aliphatic carboxylic acids is 1. The van der Waals surface area contributed by atoms with Crippen LogP contribution in [0.2, 0.25) is 0 Å². The molecule has 1 aliphatic heterocycles. The SMILES string of the molecule is C1COCCN1.N[C@@H](Cc1ccccc1)C(=O)O. The van der Waals surface area contributed by atoms with E-state index in [2.05, 4.69) is 5.32 Å². The fourth-order valence-electron chi connectivity index (χ4n) is 1.47. The molecule has 5 nitrogen and oxygen atoms in total. The van der Waals surface area contributed by atoms with Gasteiger partial charge in [-0.05, 0) is 12.0 Å². The molecule has 0 saturated carbocycles. The lowest BCUT2D eigenvalue weighted by Crippen LogP contribution is -2.32. The molecular formula is C13H20N2O3. The summed E-state index contributed by atoms with van der Waals surface area (Å²) in [7, 11) is 0. The lowest BCUT2D eigenvalue weighted by Gasteiger charge is -2.10. The summed E-state index contributed by atoms with van der Waals surface area (Å²) in [6.45, 7) is 3.83. The largest absolute Gasteiger partial charge is 0.480 e. The van der Waals surface area contributed by atoms with Gasteiger partial charge in [-0.1, -0.05) is 30.3 Å². The number of rotatable bonds is 3. The maximum absolute atomic E-state index is 10.4. The Morgan fingerprint density at radius 3 is 2.33 bits per heavy atom. The van der Waals surface area contributed by atoms with E-state index >= 15 is 0 Å². The Balaban J connectivity index is 0.000000225. The second-order valence-corrected chi connectivity index (χ2v) is 4.00. The second kappa shape index (κ2) is 8.63. The van der Waals surface area contributed by atoms with Crippen molar-refractivity contribution in [2.24, 2.45) is 5.73 Å². The van der Waals surface area contributed by atoms with E-state index in [9.17, 15) is 4.79 Å². The van der Waals surface area contributed by atoms with Crippen LogP contribution in [0.5, 0.6) is 0 Å². The number of hydrogen-bond acceptors (Lipinski definition) is 4. The van der Waals surface area contributed by atoms with Crippen molar-refractivity contribution in [3.8, 4) is 0 Å². The Hall–Kier alpha value is -1.43. The Bertz CT molecular complexity index is 328. The van der Waals surface area contributed by atoms with Gasteiger partial charge in [0.1, 0.15) is 6.04 Å². The van der Waals surface area contributed by atoms with Gasteiger partial charge in [-0.25, -0.2) is 0 Å². The van der Waals surface area contributed by atoms with Gasteiger partial charge < -0.3 is 20.9 Å². The minimum Gasteiger partial charge on any atom is -0.480 e. The van der Waals surface area contributed by atoms with Crippen LogP contribution in [0.1, 0.15) is 5.56 Å². The molecule has 1 aromatic carbocycles. The molecule has 1 fully saturated rings. The van der Waals surface area contributed by atoms with Gasteiger partial charge in [-0.3, -0.25) is 4.79 Å². The molecule has 4 N–H and O–H groups in total. The third kappa shape index (κ3) is 6.34. The summed E-state index contributed by atoms with van der Waals surface area (Å²) < 4.78 is 5.01. The molecule has 5 heteroatoms. The van der Waals surface area contributed by atoms with Crippen LogP contribution >= 0.6 is 0 Å². The Kier molecular flexibility index (Phi) is 7.01. The first kappa shape index (κ1) is 14.6. The summed E-state index contributed by atoms with van der Waals surface area (Å²) >= 11 is 0. The van der Waals surface area contributed by atoms with Gasteiger partial charge in [0.05, 0.1) is 13.2 Å². The van der Waals surface area contributed by atoms with Gasteiger partial charge in [0.25, 0.3) is 0 Å². The molecule has 0 aliphatic carbocycles. The predicted octanol–water partition coefficient (Wildman–Crippen LogP) is 0.247. The molecule has 0 aromatic heterocycles. The Labute approximate surface area is 107 Å². The highest BCUT2D eigenvalue weighted by Gasteiger charge is 2.10. The number of morpholine rings is 1. The van der Waals surface area contributed by atoms with E-state index in [4.69, 9.17) is 15.6 Å². The van der Waals surface area contributed by atoms with E-state index in [0.29, 0.717) is 6.42 Å². The summed E-state index contributed by atoms with van der Waals surface area (Å²) in [5, 5.41) is 11.7. The van der Waals surface area contributed by atoms with Crippen molar-refractivity contribution in [3.63, 3.8) is 0 Å². The van der Waals surface area contributed by atoms with Crippen molar-refractivity contribution in [1.82, 2.24) is 5.32 Å². The van der Waals surface area contributed by atoms with E-state index in [1.807, 2.05) is 30.3 Å². The van der Waals surface area contributed by atoms with Crippen molar-refractivity contribution in [3.05, 3.63) is 35.9 Å². The predicted molar refractivity (Wildman–Crippen MR) is 69.4 cm³/mol. The van der Waals surface area contributed by atoms with Crippen LogP contribution in [0.4, 0.5) is 0 Å². The Morgan fingerprint density at radius 2 is 1.94 bits per heavy atom. The summed E-state index contributed by atoms with van der Waals surface area (Å²) in [5.41, 5.74) is 6.30. The first-order chi connectivity index (χ1) is 8.70. The maximum atomic E-state index is 10.4. The van der Waals surface area contributed by atoms with Gasteiger partial charge in [-0.2, -0.15) is 0 Å². The zero-order valence-corrected chi connectivity index (χ0v) is 10.3. The molecule has 0 bridgehead atoms. The minimum absolute atomic E-state index is 0.385. The molecule has 1 atom stereocenters. The van der Waals surface area contributed by atoms with E-state index in [0.717, 1.165) is 31.9 Å². The van der Waals surface area contributed by atoms with Gasteiger partial charge in [0, 0.05) is 13.1 Å². The average molecular weight is 252 g/mol. The lowest BCUT2D eigenvalue weighted by molar-refractivity contribution is -0.138. The molecule has 0 radical (unpaired) electrons. The summed E-state index contributed by atoms with van der Waals surface area (Å²) in [4.78, 5) is 10.4. The topological polar surface area (TPSA) is 84.6 Å². The van der Waals surface area contributed by atoms with Crippen LogP contribution < -0.4 is 11.1 Å². The van der Waals surface area contributed by atoms with Crippen molar-refractivity contribution < 1.29 is 14.6 Å². The molecule has 2 rings (SSSR count). The molecule has 1 aliphatic rings. The number of hydrogen-bond donors (Lipinski definition) is 3. The smallest absolute Gasteiger partial charge is 0.320 e. The number of carboxylic acid groups (broad SMARTS) is 1. The fourth-order valence-corrected chi connectivity index (χ4v) is 1.47. The maximum Gasteiger partial charge on any atom is 0.320 e. The van der Waals surface area contributed by atoms with Crippen molar-refractivity contribution in [2.45, 2.75) is 12.5 Å². The van der Waals surface area contributed by atoms with Gasteiger partial charge in [-0.15, -0.1) is 0 Å². The van der Waals surface area contributed by atoms with E-state index in [1.165, 1.54) is 0 Å². The number of nitrogens with two attached hydrogens (primary N) is 1. The van der Waals surface area contributed by atoms with Crippen LogP contribution in [-0.4, -0.2) is 43.4 Å². The molecule has 1 aromatic rings. The number of carboxylic acids is 1. The highest BCUT2D eigenvalue weighted by molar-refractivity contribution is 5.73. The minimum atomic E-state index is -0.959. The number of carbonyl (C=O) groups is 1. The molecule has 18 heavy (non-hydrogen) atoms. The zero-order valence-electron chi connectivity index (χ0n) is 10.3. The van der Waals surface area contributed by atoms with Crippen LogP contribution in [0.25, 0.3) is 0 Å². The highest BCUT2D eigenvalue weighted by Crippen LogP contribution is 2.01. The molecule has 1 heterocycles. The van der Waals surface area contributed by atoms with Gasteiger partial charge in [0.15, 0.2) is 0 Å². The molecule has 0 unspecified atom stereocenters. The van der Waals surface area contributed by atoms with Crippen molar-refractivity contribution >= 4 is 5.97 Å². The molecular weight excluding hydrogens is 232 g/mol. The quantitative estimate of drug-likeness (QED) is 0.718. The van der Waals surface area contributed by atoms with Crippen LogP contribution in [0, 0.1) is 0 Å². The zero-order chi connectivity index (χ0) is 13.2. The van der Waals surface area contributed by atoms with E-state index in [-0.39, 0.29) is 0 Å². The van der Waals surface area contributed by atoms with E-state index < -0.39 is 12.0 Å². The fraction of sp³-hybridized carbons (Fsp3) is 0.462. The number of ether oxygens (including phenoxy) is 1. The normalized spacial score (nSPS) is 16.3.